The van der Waals surface area contributed by atoms with Crippen LogP contribution in [-0.4, -0.2) is 18.3 Å². The van der Waals surface area contributed by atoms with E-state index in [9.17, 15) is 0 Å². The monoisotopic (exact) mass is 462 g/mol. The van der Waals surface area contributed by atoms with Crippen LogP contribution >= 0.6 is 0 Å². The predicted molar refractivity (Wildman–Crippen MR) is 149 cm³/mol. The SMILES string of the molecule is CC(C)(C)c1cc(-c2cccc3ccccc23)ccc1-c1cccc(B2OC(C)(C)C(C)(C)O2)c1. The van der Waals surface area contributed by atoms with Crippen molar-refractivity contribution in [3.8, 4) is 22.3 Å². The van der Waals surface area contributed by atoms with Gasteiger partial charge in [-0.3, -0.25) is 0 Å². The minimum Gasteiger partial charge on any atom is -0.399 e. The molecule has 0 radical (unpaired) electrons. The van der Waals surface area contributed by atoms with Gasteiger partial charge in [0.15, 0.2) is 0 Å². The van der Waals surface area contributed by atoms with Crippen LogP contribution in [0.1, 0.15) is 54.0 Å². The number of benzene rings is 4. The van der Waals surface area contributed by atoms with E-state index in [0.29, 0.717) is 0 Å². The van der Waals surface area contributed by atoms with Crippen LogP contribution in [0.15, 0.2) is 84.9 Å². The summed E-state index contributed by atoms with van der Waals surface area (Å²) in [5.41, 5.74) is 6.61. The third-order valence-corrected chi connectivity index (χ3v) is 7.65. The molecule has 2 nitrogen and oxygen atoms in total. The minimum absolute atomic E-state index is 0.0176. The van der Waals surface area contributed by atoms with Gasteiger partial charge in [0.25, 0.3) is 0 Å². The highest BCUT2D eigenvalue weighted by atomic mass is 16.7. The average Bonchev–Trinajstić information content (AvgIpc) is 3.04. The van der Waals surface area contributed by atoms with Gasteiger partial charge >= 0.3 is 7.12 Å². The molecule has 0 unspecified atom stereocenters. The highest BCUT2D eigenvalue weighted by Crippen LogP contribution is 2.39. The number of hydrogen-bond acceptors (Lipinski definition) is 2. The highest BCUT2D eigenvalue weighted by molar-refractivity contribution is 6.62. The number of rotatable bonds is 3. The maximum Gasteiger partial charge on any atom is 0.494 e. The topological polar surface area (TPSA) is 18.5 Å². The molecule has 0 saturated carbocycles. The van der Waals surface area contributed by atoms with Gasteiger partial charge in [0.05, 0.1) is 11.2 Å². The van der Waals surface area contributed by atoms with Crippen molar-refractivity contribution >= 4 is 23.4 Å². The van der Waals surface area contributed by atoms with E-state index in [0.717, 1.165) is 5.46 Å². The number of fused-ring (bicyclic) bond motifs is 1. The summed E-state index contributed by atoms with van der Waals surface area (Å²) >= 11 is 0. The van der Waals surface area contributed by atoms with Crippen LogP contribution in [0.2, 0.25) is 0 Å². The lowest BCUT2D eigenvalue weighted by Crippen LogP contribution is -2.41. The van der Waals surface area contributed by atoms with E-state index in [1.165, 1.54) is 38.6 Å². The summed E-state index contributed by atoms with van der Waals surface area (Å²) in [6.07, 6.45) is 0. The molecule has 0 atom stereocenters. The van der Waals surface area contributed by atoms with Gasteiger partial charge in [-0.05, 0) is 83.2 Å². The molecule has 0 amide bonds. The molecule has 1 aliphatic heterocycles. The Balaban J connectivity index is 1.59. The van der Waals surface area contributed by atoms with E-state index < -0.39 is 0 Å². The van der Waals surface area contributed by atoms with Crippen molar-refractivity contribution in [3.05, 3.63) is 90.5 Å². The normalized spacial score (nSPS) is 17.2. The summed E-state index contributed by atoms with van der Waals surface area (Å²) in [5, 5.41) is 2.55. The molecule has 0 spiro atoms. The quantitative estimate of drug-likeness (QED) is 0.290. The fourth-order valence-corrected chi connectivity index (χ4v) is 4.89. The standard InChI is InChI=1S/C32H35BO2/c1-30(2,3)29-21-24(27-17-11-13-22-12-8-9-16-26(22)27)18-19-28(29)23-14-10-15-25(20-23)33-34-31(4,5)32(6,7)35-33/h8-21H,1-7H3. The molecule has 0 aromatic heterocycles. The van der Waals surface area contributed by atoms with Gasteiger partial charge in [-0.1, -0.05) is 99.6 Å². The summed E-state index contributed by atoms with van der Waals surface area (Å²) in [4.78, 5) is 0. The Bertz CT molecular complexity index is 1370. The van der Waals surface area contributed by atoms with Crippen LogP contribution < -0.4 is 5.46 Å². The molecule has 0 bridgehead atoms. The van der Waals surface area contributed by atoms with Crippen LogP contribution in [0.3, 0.4) is 0 Å². The van der Waals surface area contributed by atoms with Gasteiger partial charge in [-0.2, -0.15) is 0 Å². The molecule has 178 valence electrons. The second-order valence-corrected chi connectivity index (χ2v) is 11.8. The summed E-state index contributed by atoms with van der Waals surface area (Å²) < 4.78 is 12.7. The summed E-state index contributed by atoms with van der Waals surface area (Å²) in [6, 6.07) is 30.7. The Morgan fingerprint density at radius 1 is 0.629 bits per heavy atom. The van der Waals surface area contributed by atoms with E-state index in [2.05, 4.69) is 133 Å². The van der Waals surface area contributed by atoms with Crippen LogP contribution in [0.25, 0.3) is 33.0 Å². The molecule has 1 fully saturated rings. The second kappa shape index (κ2) is 8.36. The molecular weight excluding hydrogens is 427 g/mol. The Hall–Kier alpha value is -2.88. The molecule has 4 aromatic rings. The van der Waals surface area contributed by atoms with E-state index in [1.54, 1.807) is 0 Å². The van der Waals surface area contributed by atoms with Crippen molar-refractivity contribution in [3.63, 3.8) is 0 Å². The van der Waals surface area contributed by atoms with Crippen LogP contribution in [-0.2, 0) is 14.7 Å². The first-order valence-electron chi connectivity index (χ1n) is 12.5. The Morgan fingerprint density at radius 2 is 1.26 bits per heavy atom. The predicted octanol–water partition coefficient (Wildman–Crippen LogP) is 7.77. The smallest absolute Gasteiger partial charge is 0.399 e. The van der Waals surface area contributed by atoms with Crippen molar-refractivity contribution in [1.82, 2.24) is 0 Å². The highest BCUT2D eigenvalue weighted by Gasteiger charge is 2.51. The summed E-state index contributed by atoms with van der Waals surface area (Å²) in [5.74, 6) is 0. The zero-order valence-corrected chi connectivity index (χ0v) is 22.0. The first kappa shape index (κ1) is 23.8. The fourth-order valence-electron chi connectivity index (χ4n) is 4.89. The third-order valence-electron chi connectivity index (χ3n) is 7.65. The first-order chi connectivity index (χ1) is 16.5. The average molecular weight is 462 g/mol. The van der Waals surface area contributed by atoms with Gasteiger partial charge in [-0.25, -0.2) is 0 Å². The molecular formula is C32H35BO2. The number of hydrogen-bond donors (Lipinski definition) is 0. The Labute approximate surface area is 210 Å². The van der Waals surface area contributed by atoms with Gasteiger partial charge in [-0.15, -0.1) is 0 Å². The lowest BCUT2D eigenvalue weighted by molar-refractivity contribution is 0.00578. The van der Waals surface area contributed by atoms with Gasteiger partial charge in [0, 0.05) is 0 Å². The molecule has 1 aliphatic rings. The maximum atomic E-state index is 6.33. The minimum atomic E-state index is -0.368. The second-order valence-electron chi connectivity index (χ2n) is 11.8. The van der Waals surface area contributed by atoms with Gasteiger partial charge < -0.3 is 9.31 Å². The van der Waals surface area contributed by atoms with Crippen molar-refractivity contribution in [2.45, 2.75) is 65.1 Å². The van der Waals surface area contributed by atoms with Crippen LogP contribution in [0, 0.1) is 0 Å². The molecule has 1 heterocycles. The molecule has 0 aliphatic carbocycles. The first-order valence-corrected chi connectivity index (χ1v) is 12.5. The summed E-state index contributed by atoms with van der Waals surface area (Å²) in [6.45, 7) is 15.3. The lowest BCUT2D eigenvalue weighted by atomic mass is 9.76. The zero-order valence-electron chi connectivity index (χ0n) is 22.0. The van der Waals surface area contributed by atoms with Crippen LogP contribution in [0.5, 0.6) is 0 Å². The van der Waals surface area contributed by atoms with E-state index >= 15 is 0 Å². The van der Waals surface area contributed by atoms with E-state index in [4.69, 9.17) is 9.31 Å². The fraction of sp³-hybridized carbons (Fsp3) is 0.312. The molecule has 4 aromatic carbocycles. The van der Waals surface area contributed by atoms with Crippen molar-refractivity contribution in [1.29, 1.82) is 0 Å². The van der Waals surface area contributed by atoms with Gasteiger partial charge in [0.1, 0.15) is 0 Å². The van der Waals surface area contributed by atoms with Gasteiger partial charge in [0.2, 0.25) is 0 Å². The van der Waals surface area contributed by atoms with Crippen molar-refractivity contribution < 1.29 is 9.31 Å². The van der Waals surface area contributed by atoms with Crippen molar-refractivity contribution in [2.75, 3.05) is 0 Å². The lowest BCUT2D eigenvalue weighted by Gasteiger charge is -2.32. The summed E-state index contributed by atoms with van der Waals surface area (Å²) in [7, 11) is -0.368. The maximum absolute atomic E-state index is 6.33. The Kier molecular flexibility index (Phi) is 5.70. The van der Waals surface area contributed by atoms with Crippen LogP contribution in [0.4, 0.5) is 0 Å². The Morgan fingerprint density at radius 3 is 1.97 bits per heavy atom. The third kappa shape index (κ3) is 4.33. The molecule has 3 heteroatoms. The molecule has 5 rings (SSSR count). The van der Waals surface area contributed by atoms with Crippen molar-refractivity contribution in [2.24, 2.45) is 0 Å². The molecule has 35 heavy (non-hydrogen) atoms. The largest absolute Gasteiger partial charge is 0.494 e. The zero-order chi connectivity index (χ0) is 25.0. The molecule has 0 N–H and O–H groups in total. The molecule has 1 saturated heterocycles. The van der Waals surface area contributed by atoms with E-state index in [1.807, 2.05) is 0 Å². The van der Waals surface area contributed by atoms with E-state index in [-0.39, 0.29) is 23.7 Å².